The average Bonchev–Trinajstić information content (AvgIpc) is 1.78. The molecular weight excluding hydrogens is 191 g/mol. The first-order valence-electron chi connectivity index (χ1n) is 4.70. The van der Waals surface area contributed by atoms with E-state index >= 15 is 0 Å². The third-order valence-corrected chi connectivity index (χ3v) is 1.74. The summed E-state index contributed by atoms with van der Waals surface area (Å²) in [6.07, 6.45) is -2.67. The number of allylic oxidation sites excluding steroid dienone is 2. The van der Waals surface area contributed by atoms with E-state index in [-0.39, 0.29) is 11.6 Å². The fourth-order valence-corrected chi connectivity index (χ4v) is 1.46. The van der Waals surface area contributed by atoms with Gasteiger partial charge in [0.15, 0.2) is 0 Å². The van der Waals surface area contributed by atoms with Gasteiger partial charge in [0.1, 0.15) is 0 Å². The lowest BCUT2D eigenvalue weighted by molar-refractivity contribution is -0.241. The van der Waals surface area contributed by atoms with Crippen LogP contribution in [0.15, 0.2) is 11.8 Å². The van der Waals surface area contributed by atoms with Crippen LogP contribution in [0.1, 0.15) is 34.6 Å². The van der Waals surface area contributed by atoms with Crippen LogP contribution < -0.4 is 0 Å². The molecule has 0 bridgehead atoms. The van der Waals surface area contributed by atoms with E-state index in [1.165, 1.54) is 20.8 Å². The molecule has 84 valence electrons. The third-order valence-electron chi connectivity index (χ3n) is 1.74. The smallest absolute Gasteiger partial charge is 0.286 e. The van der Waals surface area contributed by atoms with Crippen LogP contribution in [0, 0.1) is 5.92 Å². The summed E-state index contributed by atoms with van der Waals surface area (Å²) >= 11 is 0. The van der Waals surface area contributed by atoms with Crippen molar-refractivity contribution in [1.29, 1.82) is 0 Å². The Morgan fingerprint density at radius 2 is 1.57 bits per heavy atom. The van der Waals surface area contributed by atoms with Gasteiger partial charge in [-0.25, -0.2) is 0 Å². The summed E-state index contributed by atoms with van der Waals surface area (Å²) in [7, 11) is 0. The fraction of sp³-hybridized carbons (Fsp3) is 0.800. The van der Waals surface area contributed by atoms with Crippen LogP contribution in [0.4, 0.5) is 13.2 Å². The zero-order valence-electron chi connectivity index (χ0n) is 9.31. The zero-order valence-corrected chi connectivity index (χ0v) is 9.31. The summed E-state index contributed by atoms with van der Waals surface area (Å²) in [5.74, 6) is 0.124. The SMILES string of the molecule is C/C(=C/C(C)C)N(C(C)C)C(F)(F)F. The molecule has 0 radical (unpaired) electrons. The minimum atomic E-state index is -4.29. The second-order valence-electron chi connectivity index (χ2n) is 3.98. The van der Waals surface area contributed by atoms with E-state index < -0.39 is 12.3 Å². The lowest BCUT2D eigenvalue weighted by Gasteiger charge is -2.31. The molecule has 0 amide bonds. The number of rotatable bonds is 3. The minimum absolute atomic E-state index is 0.124. The van der Waals surface area contributed by atoms with E-state index in [9.17, 15) is 13.2 Å². The first-order valence-corrected chi connectivity index (χ1v) is 4.70. The van der Waals surface area contributed by atoms with E-state index in [1.807, 2.05) is 13.8 Å². The standard InChI is InChI=1S/C10H18F3N/c1-7(2)6-9(5)14(8(3)4)10(11,12)13/h6-8H,1-5H3/b9-6-. The molecule has 0 saturated heterocycles. The Hall–Kier alpha value is -0.670. The van der Waals surface area contributed by atoms with Gasteiger partial charge in [-0.1, -0.05) is 19.9 Å². The molecule has 0 aromatic heterocycles. The highest BCUT2D eigenvalue weighted by molar-refractivity contribution is 5.01. The molecule has 0 heterocycles. The predicted molar refractivity (Wildman–Crippen MR) is 51.6 cm³/mol. The van der Waals surface area contributed by atoms with Gasteiger partial charge >= 0.3 is 6.30 Å². The summed E-state index contributed by atoms with van der Waals surface area (Å²) in [6, 6.07) is -0.565. The van der Waals surface area contributed by atoms with E-state index in [0.717, 1.165) is 0 Å². The lowest BCUT2D eigenvalue weighted by Crippen LogP contribution is -2.41. The Morgan fingerprint density at radius 3 is 1.79 bits per heavy atom. The van der Waals surface area contributed by atoms with Crippen LogP contribution in [0.2, 0.25) is 0 Å². The molecule has 14 heavy (non-hydrogen) atoms. The van der Waals surface area contributed by atoms with Crippen molar-refractivity contribution in [3.63, 3.8) is 0 Å². The van der Waals surface area contributed by atoms with Crippen molar-refractivity contribution in [2.45, 2.75) is 47.0 Å². The van der Waals surface area contributed by atoms with Crippen molar-refractivity contribution >= 4 is 0 Å². The lowest BCUT2D eigenvalue weighted by atomic mass is 10.1. The molecule has 0 spiro atoms. The molecule has 0 saturated carbocycles. The average molecular weight is 209 g/mol. The summed E-state index contributed by atoms with van der Waals surface area (Å²) in [5.41, 5.74) is 0.266. The van der Waals surface area contributed by atoms with Crippen molar-refractivity contribution in [3.05, 3.63) is 11.8 Å². The van der Waals surface area contributed by atoms with Crippen LogP contribution in [0.5, 0.6) is 0 Å². The Labute approximate surface area is 83.6 Å². The molecule has 0 atom stereocenters. The van der Waals surface area contributed by atoms with Gasteiger partial charge in [0.05, 0.1) is 0 Å². The molecule has 0 aromatic rings. The van der Waals surface area contributed by atoms with Crippen LogP contribution >= 0.6 is 0 Å². The van der Waals surface area contributed by atoms with Gasteiger partial charge in [0.25, 0.3) is 0 Å². The van der Waals surface area contributed by atoms with E-state index in [4.69, 9.17) is 0 Å². The van der Waals surface area contributed by atoms with Crippen LogP contribution in [0.3, 0.4) is 0 Å². The molecule has 0 aliphatic rings. The van der Waals surface area contributed by atoms with E-state index in [0.29, 0.717) is 4.90 Å². The van der Waals surface area contributed by atoms with Crippen LogP contribution in [-0.2, 0) is 0 Å². The quantitative estimate of drug-likeness (QED) is 0.639. The summed E-state index contributed by atoms with van der Waals surface area (Å²) in [5, 5.41) is 0. The second kappa shape index (κ2) is 4.71. The molecule has 4 heteroatoms. The maximum Gasteiger partial charge on any atom is 0.484 e. The molecular formula is C10H18F3N. The number of alkyl halides is 3. The number of hydrogen-bond donors (Lipinski definition) is 0. The summed E-state index contributed by atoms with van der Waals surface area (Å²) < 4.78 is 37.7. The van der Waals surface area contributed by atoms with Crippen LogP contribution in [-0.4, -0.2) is 17.2 Å². The minimum Gasteiger partial charge on any atom is -0.286 e. The summed E-state index contributed by atoms with van der Waals surface area (Å²) in [6.45, 7) is 8.28. The highest BCUT2D eigenvalue weighted by atomic mass is 19.4. The number of nitrogens with zero attached hydrogens (tertiary/aromatic N) is 1. The first kappa shape index (κ1) is 13.3. The van der Waals surface area contributed by atoms with Crippen molar-refractivity contribution < 1.29 is 13.2 Å². The Balaban J connectivity index is 4.85. The zero-order chi connectivity index (χ0) is 11.5. The van der Waals surface area contributed by atoms with E-state index in [1.54, 1.807) is 6.08 Å². The topological polar surface area (TPSA) is 3.24 Å². The van der Waals surface area contributed by atoms with Gasteiger partial charge in [0.2, 0.25) is 0 Å². The van der Waals surface area contributed by atoms with Gasteiger partial charge in [-0.05, 0) is 26.7 Å². The monoisotopic (exact) mass is 209 g/mol. The first-order chi connectivity index (χ1) is 6.16. The molecule has 0 aliphatic heterocycles. The molecule has 0 fully saturated rings. The van der Waals surface area contributed by atoms with Crippen molar-refractivity contribution in [3.8, 4) is 0 Å². The molecule has 0 aromatic carbocycles. The normalized spacial score (nSPS) is 14.0. The molecule has 0 aliphatic carbocycles. The maximum absolute atomic E-state index is 12.6. The fourth-order valence-electron chi connectivity index (χ4n) is 1.46. The number of hydrogen-bond acceptors (Lipinski definition) is 1. The molecule has 1 nitrogen and oxygen atoms in total. The largest absolute Gasteiger partial charge is 0.484 e. The van der Waals surface area contributed by atoms with Crippen molar-refractivity contribution in [1.82, 2.24) is 4.90 Å². The number of halogens is 3. The predicted octanol–water partition coefficient (Wildman–Crippen LogP) is 3.78. The molecule has 0 N–H and O–H groups in total. The van der Waals surface area contributed by atoms with Crippen molar-refractivity contribution in [2.24, 2.45) is 5.92 Å². The van der Waals surface area contributed by atoms with Gasteiger partial charge in [-0.2, -0.15) is 13.2 Å². The Kier molecular flexibility index (Phi) is 4.49. The van der Waals surface area contributed by atoms with Gasteiger partial charge in [-0.3, -0.25) is 4.90 Å². The third kappa shape index (κ3) is 4.03. The molecule has 0 unspecified atom stereocenters. The Bertz CT molecular complexity index is 204. The van der Waals surface area contributed by atoms with Crippen LogP contribution in [0.25, 0.3) is 0 Å². The highest BCUT2D eigenvalue weighted by Crippen LogP contribution is 2.28. The maximum atomic E-state index is 12.6. The van der Waals surface area contributed by atoms with Gasteiger partial charge in [0, 0.05) is 11.7 Å². The highest BCUT2D eigenvalue weighted by Gasteiger charge is 2.38. The summed E-state index contributed by atoms with van der Waals surface area (Å²) in [4.78, 5) is 0.479. The molecule has 0 rings (SSSR count). The van der Waals surface area contributed by atoms with E-state index in [2.05, 4.69) is 0 Å². The van der Waals surface area contributed by atoms with Gasteiger partial charge < -0.3 is 0 Å². The van der Waals surface area contributed by atoms with Gasteiger partial charge in [-0.15, -0.1) is 0 Å². The Morgan fingerprint density at radius 1 is 1.14 bits per heavy atom. The second-order valence-corrected chi connectivity index (χ2v) is 3.98. The van der Waals surface area contributed by atoms with Crippen molar-refractivity contribution in [2.75, 3.05) is 0 Å².